The van der Waals surface area contributed by atoms with Crippen molar-refractivity contribution in [3.8, 4) is 0 Å². The van der Waals surface area contributed by atoms with Crippen molar-refractivity contribution in [1.29, 1.82) is 0 Å². The highest BCUT2D eigenvalue weighted by atomic mass is 19.1. The Hall–Kier alpha value is -1.46. The molecule has 0 aliphatic carbocycles. The summed E-state index contributed by atoms with van der Waals surface area (Å²) in [5, 5.41) is 17.4. The molecule has 0 aromatic heterocycles. The summed E-state index contributed by atoms with van der Waals surface area (Å²) in [6.45, 7) is -0.397. The monoisotopic (exact) mass is 227 g/mol. The van der Waals surface area contributed by atoms with Gasteiger partial charge in [-0.2, -0.15) is 0 Å². The normalized spacial score (nSPS) is 12.4. The van der Waals surface area contributed by atoms with Crippen molar-refractivity contribution in [1.82, 2.24) is 0 Å². The maximum atomic E-state index is 13.1. The molecule has 1 rings (SSSR count). The van der Waals surface area contributed by atoms with Crippen LogP contribution in [0.25, 0.3) is 0 Å². The minimum Gasteiger partial charge on any atom is -0.481 e. The van der Waals surface area contributed by atoms with Gasteiger partial charge in [0.15, 0.2) is 0 Å². The molecule has 0 radical (unpaired) electrons. The van der Waals surface area contributed by atoms with Gasteiger partial charge in [0.25, 0.3) is 0 Å². The first-order valence-corrected chi connectivity index (χ1v) is 4.91. The van der Waals surface area contributed by atoms with Crippen molar-refractivity contribution in [2.75, 3.05) is 0 Å². The highest BCUT2D eigenvalue weighted by molar-refractivity contribution is 5.66. The Labute approximate surface area is 92.5 Å². The summed E-state index contributed by atoms with van der Waals surface area (Å²) in [7, 11) is 0. The van der Waals surface area contributed by atoms with E-state index in [0.29, 0.717) is 5.56 Å². The van der Waals surface area contributed by atoms with Crippen LogP contribution in [0.5, 0.6) is 0 Å². The van der Waals surface area contributed by atoms with Gasteiger partial charge >= 0.3 is 5.97 Å². The topological polar surface area (TPSA) is 83.6 Å². The van der Waals surface area contributed by atoms with Gasteiger partial charge in [0.1, 0.15) is 5.82 Å². The number of hydrogen-bond acceptors (Lipinski definition) is 3. The van der Waals surface area contributed by atoms with E-state index in [1.54, 1.807) is 0 Å². The van der Waals surface area contributed by atoms with E-state index in [1.165, 1.54) is 18.2 Å². The summed E-state index contributed by atoms with van der Waals surface area (Å²) in [6, 6.07) is 3.73. The van der Waals surface area contributed by atoms with Gasteiger partial charge in [0.05, 0.1) is 6.61 Å². The van der Waals surface area contributed by atoms with Gasteiger partial charge in [-0.15, -0.1) is 0 Å². The number of aliphatic hydroxyl groups excluding tert-OH is 1. The van der Waals surface area contributed by atoms with Gasteiger partial charge in [0, 0.05) is 18.0 Å². The number of carboxylic acids is 1. The third kappa shape index (κ3) is 3.29. The molecule has 88 valence electrons. The molecule has 0 aliphatic heterocycles. The lowest BCUT2D eigenvalue weighted by atomic mass is 10.0. The lowest BCUT2D eigenvalue weighted by Crippen LogP contribution is -2.12. The molecule has 0 aliphatic rings. The van der Waals surface area contributed by atoms with Gasteiger partial charge in [-0.3, -0.25) is 4.79 Å². The minimum atomic E-state index is -0.917. The van der Waals surface area contributed by atoms with Gasteiger partial charge < -0.3 is 15.9 Å². The second-order valence-corrected chi connectivity index (χ2v) is 3.55. The smallest absolute Gasteiger partial charge is 0.303 e. The highest BCUT2D eigenvalue weighted by Gasteiger charge is 2.10. The van der Waals surface area contributed by atoms with E-state index in [9.17, 15) is 9.18 Å². The van der Waals surface area contributed by atoms with Crippen molar-refractivity contribution < 1.29 is 19.4 Å². The third-order valence-corrected chi connectivity index (χ3v) is 2.34. The second kappa shape index (κ2) is 5.58. The molecule has 1 unspecified atom stereocenters. The van der Waals surface area contributed by atoms with Crippen LogP contribution in [0.3, 0.4) is 0 Å². The van der Waals surface area contributed by atoms with Crippen molar-refractivity contribution in [3.63, 3.8) is 0 Å². The van der Waals surface area contributed by atoms with Crippen LogP contribution in [0.15, 0.2) is 18.2 Å². The number of carboxylic acid groups (broad SMARTS) is 1. The quantitative estimate of drug-likeness (QED) is 0.705. The molecule has 0 saturated heterocycles. The number of carbonyl (C=O) groups is 1. The molecule has 0 fully saturated rings. The van der Waals surface area contributed by atoms with E-state index in [1.807, 2.05) is 0 Å². The number of benzene rings is 1. The summed E-state index contributed by atoms with van der Waals surface area (Å²) >= 11 is 0. The Bertz CT molecular complexity index is 381. The average molecular weight is 227 g/mol. The summed E-state index contributed by atoms with van der Waals surface area (Å²) in [5.74, 6) is -1.41. The predicted octanol–water partition coefficient (Wildman–Crippen LogP) is 1.18. The first-order chi connectivity index (χ1) is 7.54. The molecule has 5 heteroatoms. The van der Waals surface area contributed by atoms with Crippen LogP contribution in [0, 0.1) is 5.82 Å². The molecule has 4 nitrogen and oxygen atoms in total. The zero-order chi connectivity index (χ0) is 12.1. The van der Waals surface area contributed by atoms with E-state index >= 15 is 0 Å². The van der Waals surface area contributed by atoms with Gasteiger partial charge in [0.2, 0.25) is 0 Å². The first kappa shape index (κ1) is 12.6. The zero-order valence-corrected chi connectivity index (χ0v) is 8.69. The zero-order valence-electron chi connectivity index (χ0n) is 8.69. The largest absolute Gasteiger partial charge is 0.481 e. The Morgan fingerprint density at radius 3 is 2.75 bits per heavy atom. The second-order valence-electron chi connectivity index (χ2n) is 3.55. The van der Waals surface area contributed by atoms with E-state index in [-0.39, 0.29) is 18.4 Å². The molecule has 0 amide bonds. The Morgan fingerprint density at radius 1 is 1.50 bits per heavy atom. The van der Waals surface area contributed by atoms with Crippen LogP contribution in [0.1, 0.15) is 30.0 Å². The first-order valence-electron chi connectivity index (χ1n) is 4.91. The number of rotatable bonds is 5. The number of halogens is 1. The lowest BCUT2D eigenvalue weighted by molar-refractivity contribution is -0.137. The number of aliphatic hydroxyl groups is 1. The predicted molar refractivity (Wildman–Crippen MR) is 56.1 cm³/mol. The molecule has 1 aromatic carbocycles. The van der Waals surface area contributed by atoms with Crippen LogP contribution in [0.2, 0.25) is 0 Å². The van der Waals surface area contributed by atoms with Crippen LogP contribution >= 0.6 is 0 Å². The molecule has 0 saturated carbocycles. The Balaban J connectivity index is 2.75. The average Bonchev–Trinajstić information content (AvgIpc) is 2.26. The molecular formula is C11H14FNO3. The maximum absolute atomic E-state index is 13.1. The van der Waals surface area contributed by atoms with Crippen LogP contribution in [-0.4, -0.2) is 16.2 Å². The van der Waals surface area contributed by atoms with Crippen LogP contribution in [0.4, 0.5) is 4.39 Å². The summed E-state index contributed by atoms with van der Waals surface area (Å²) < 4.78 is 13.1. The maximum Gasteiger partial charge on any atom is 0.303 e. The van der Waals surface area contributed by atoms with Crippen molar-refractivity contribution in [3.05, 3.63) is 35.1 Å². The van der Waals surface area contributed by atoms with Crippen LogP contribution in [-0.2, 0) is 11.4 Å². The van der Waals surface area contributed by atoms with Gasteiger partial charge in [-0.25, -0.2) is 4.39 Å². The summed E-state index contributed by atoms with van der Waals surface area (Å²) in [6.07, 6.45) is 0.249. The molecule has 1 aromatic rings. The van der Waals surface area contributed by atoms with E-state index in [4.69, 9.17) is 15.9 Å². The summed E-state index contributed by atoms with van der Waals surface area (Å²) in [5.41, 5.74) is 6.55. The fraction of sp³-hybridized carbons (Fsp3) is 0.364. The Morgan fingerprint density at radius 2 is 2.19 bits per heavy atom. The molecule has 16 heavy (non-hydrogen) atoms. The Kier molecular flexibility index (Phi) is 4.39. The molecule has 1 atom stereocenters. The van der Waals surface area contributed by atoms with Gasteiger partial charge in [-0.05, 0) is 24.1 Å². The lowest BCUT2D eigenvalue weighted by Gasteiger charge is -2.12. The standard InChI is InChI=1S/C11H14FNO3/c12-9-2-1-7(5-8(9)6-14)10(13)3-4-11(15)16/h1-2,5,10,14H,3-4,6,13H2,(H,15,16). The molecule has 0 heterocycles. The SMILES string of the molecule is NC(CCC(=O)O)c1ccc(F)c(CO)c1. The fourth-order valence-corrected chi connectivity index (χ4v) is 1.39. The van der Waals surface area contributed by atoms with Crippen LogP contribution < -0.4 is 5.73 Å². The minimum absolute atomic E-state index is 0.0347. The molecule has 0 spiro atoms. The highest BCUT2D eigenvalue weighted by Crippen LogP contribution is 2.19. The van der Waals surface area contributed by atoms with Gasteiger partial charge in [-0.1, -0.05) is 6.07 Å². The van der Waals surface area contributed by atoms with Crippen molar-refractivity contribution in [2.24, 2.45) is 5.73 Å². The van der Waals surface area contributed by atoms with E-state index in [0.717, 1.165) is 0 Å². The number of aliphatic carboxylic acids is 1. The third-order valence-electron chi connectivity index (χ3n) is 2.34. The summed E-state index contributed by atoms with van der Waals surface area (Å²) in [4.78, 5) is 10.4. The van der Waals surface area contributed by atoms with Crippen molar-refractivity contribution >= 4 is 5.97 Å². The van der Waals surface area contributed by atoms with E-state index < -0.39 is 24.4 Å². The molecular weight excluding hydrogens is 213 g/mol. The van der Waals surface area contributed by atoms with Crippen molar-refractivity contribution in [2.45, 2.75) is 25.5 Å². The molecule has 4 N–H and O–H groups in total. The van der Waals surface area contributed by atoms with E-state index in [2.05, 4.69) is 0 Å². The number of hydrogen-bond donors (Lipinski definition) is 3. The fourth-order valence-electron chi connectivity index (χ4n) is 1.39. The number of nitrogens with two attached hydrogens (primary N) is 1. The molecule has 0 bridgehead atoms.